The van der Waals surface area contributed by atoms with E-state index in [1.807, 2.05) is 19.1 Å². The zero-order valence-corrected chi connectivity index (χ0v) is 17.5. The number of carbonyl (C=O) groups excluding carboxylic acids is 2. The number of carbonyl (C=O) groups is 2. The molecule has 0 atom stereocenters. The number of amides is 1. The topological polar surface area (TPSA) is 59.5 Å². The largest absolute Gasteiger partial charge is 0.451 e. The molecule has 0 radical (unpaired) electrons. The standard InChI is InChI=1S/C22H26N2O3S/c1-4-16-10-12-17(13-11-16)21-23-15(3)20(28-21)22(26)27-14-19(25)24(5-2)18-8-6-7-9-18/h8,10-13H,4-7,9,14H2,1-3H3. The van der Waals surface area contributed by atoms with Gasteiger partial charge in [0.25, 0.3) is 5.91 Å². The van der Waals surface area contributed by atoms with E-state index >= 15 is 0 Å². The molecule has 28 heavy (non-hydrogen) atoms. The summed E-state index contributed by atoms with van der Waals surface area (Å²) in [5, 5.41) is 0.782. The number of hydrogen-bond donors (Lipinski definition) is 0. The van der Waals surface area contributed by atoms with Crippen molar-refractivity contribution < 1.29 is 14.3 Å². The van der Waals surface area contributed by atoms with Gasteiger partial charge in [0, 0.05) is 17.8 Å². The number of aromatic nitrogens is 1. The Morgan fingerprint density at radius 3 is 2.57 bits per heavy atom. The molecule has 1 aliphatic carbocycles. The molecule has 0 fully saturated rings. The fourth-order valence-corrected chi connectivity index (χ4v) is 4.27. The van der Waals surface area contributed by atoms with Gasteiger partial charge in [-0.15, -0.1) is 11.3 Å². The van der Waals surface area contributed by atoms with Crippen LogP contribution in [0.5, 0.6) is 0 Å². The second-order valence-electron chi connectivity index (χ2n) is 6.79. The summed E-state index contributed by atoms with van der Waals surface area (Å²) in [7, 11) is 0. The summed E-state index contributed by atoms with van der Waals surface area (Å²) in [6.45, 7) is 6.17. The number of hydrogen-bond acceptors (Lipinski definition) is 5. The van der Waals surface area contributed by atoms with Crippen molar-refractivity contribution in [3.8, 4) is 10.6 Å². The van der Waals surface area contributed by atoms with Crippen molar-refractivity contribution in [3.63, 3.8) is 0 Å². The molecule has 5 nitrogen and oxygen atoms in total. The first-order valence-corrected chi connectivity index (χ1v) is 10.6. The van der Waals surface area contributed by atoms with Crippen molar-refractivity contribution in [3.05, 3.63) is 52.2 Å². The quantitative estimate of drug-likeness (QED) is 0.631. The van der Waals surface area contributed by atoms with Crippen LogP contribution in [-0.2, 0) is 16.0 Å². The van der Waals surface area contributed by atoms with Gasteiger partial charge in [-0.1, -0.05) is 37.3 Å². The van der Waals surface area contributed by atoms with Crippen molar-refractivity contribution in [2.45, 2.75) is 46.5 Å². The predicted octanol–water partition coefficient (Wildman–Crippen LogP) is 4.75. The maximum atomic E-state index is 12.5. The third-order valence-corrected chi connectivity index (χ3v) is 6.09. The average Bonchev–Trinajstić information content (AvgIpc) is 3.37. The van der Waals surface area contributed by atoms with Gasteiger partial charge in [0.1, 0.15) is 9.88 Å². The SMILES string of the molecule is CCc1ccc(-c2nc(C)c(C(=O)OCC(=O)N(CC)C3=CCCC3)s2)cc1. The van der Waals surface area contributed by atoms with Gasteiger partial charge in [-0.05, 0) is 45.1 Å². The molecule has 6 heteroatoms. The molecule has 0 saturated heterocycles. The fraction of sp³-hybridized carbons (Fsp3) is 0.409. The molecule has 1 aliphatic rings. The number of nitrogens with zero attached hydrogens (tertiary/aromatic N) is 2. The molecule has 2 aromatic rings. The number of likely N-dealkylation sites (N-methyl/N-ethyl adjacent to an activating group) is 1. The second kappa shape index (κ2) is 9.15. The van der Waals surface area contributed by atoms with E-state index in [1.165, 1.54) is 16.9 Å². The molecule has 0 unspecified atom stereocenters. The van der Waals surface area contributed by atoms with Crippen LogP contribution in [0.4, 0.5) is 0 Å². The van der Waals surface area contributed by atoms with Crippen LogP contribution in [0, 0.1) is 6.92 Å². The lowest BCUT2D eigenvalue weighted by molar-refractivity contribution is -0.132. The number of allylic oxidation sites excluding steroid dienone is 2. The predicted molar refractivity (Wildman–Crippen MR) is 111 cm³/mol. The van der Waals surface area contributed by atoms with E-state index in [1.54, 1.807) is 11.8 Å². The highest BCUT2D eigenvalue weighted by Crippen LogP contribution is 2.29. The lowest BCUT2D eigenvalue weighted by Crippen LogP contribution is -2.33. The normalized spacial score (nSPS) is 13.3. The zero-order valence-electron chi connectivity index (χ0n) is 16.7. The van der Waals surface area contributed by atoms with Crippen molar-refractivity contribution >= 4 is 23.2 Å². The Hall–Kier alpha value is -2.47. The van der Waals surface area contributed by atoms with Crippen LogP contribution in [-0.4, -0.2) is 34.9 Å². The molecule has 0 bridgehead atoms. The van der Waals surface area contributed by atoms with E-state index < -0.39 is 5.97 Å². The summed E-state index contributed by atoms with van der Waals surface area (Å²) in [5.41, 5.74) is 3.90. The fourth-order valence-electron chi connectivity index (χ4n) is 3.30. The molecular formula is C22H26N2O3S. The van der Waals surface area contributed by atoms with Crippen LogP contribution in [0.15, 0.2) is 36.0 Å². The van der Waals surface area contributed by atoms with Gasteiger partial charge in [-0.25, -0.2) is 9.78 Å². The Morgan fingerprint density at radius 2 is 1.96 bits per heavy atom. The zero-order chi connectivity index (χ0) is 20.1. The number of aryl methyl sites for hydroxylation is 2. The Kier molecular flexibility index (Phi) is 6.62. The van der Waals surface area contributed by atoms with Gasteiger partial charge in [-0.2, -0.15) is 0 Å². The molecule has 1 heterocycles. The summed E-state index contributed by atoms with van der Waals surface area (Å²) in [6.07, 6.45) is 6.05. The molecule has 1 aromatic heterocycles. The van der Waals surface area contributed by atoms with E-state index in [0.29, 0.717) is 17.1 Å². The Labute approximate surface area is 170 Å². The van der Waals surface area contributed by atoms with E-state index in [-0.39, 0.29) is 12.5 Å². The first kappa shape index (κ1) is 20.3. The minimum absolute atomic E-state index is 0.179. The smallest absolute Gasteiger partial charge is 0.350 e. The summed E-state index contributed by atoms with van der Waals surface area (Å²) in [6, 6.07) is 8.17. The van der Waals surface area contributed by atoms with E-state index in [9.17, 15) is 9.59 Å². The van der Waals surface area contributed by atoms with Gasteiger partial charge in [0.15, 0.2) is 6.61 Å². The summed E-state index contributed by atoms with van der Waals surface area (Å²) in [5.74, 6) is -0.669. The van der Waals surface area contributed by atoms with Gasteiger partial charge >= 0.3 is 5.97 Å². The van der Waals surface area contributed by atoms with E-state index in [2.05, 4.69) is 30.1 Å². The Bertz CT molecular complexity index is 884. The molecule has 1 amide bonds. The molecular weight excluding hydrogens is 372 g/mol. The van der Waals surface area contributed by atoms with Crippen LogP contribution >= 0.6 is 11.3 Å². The first-order chi connectivity index (χ1) is 13.5. The van der Waals surface area contributed by atoms with Gasteiger partial charge in [0.05, 0.1) is 5.69 Å². The van der Waals surface area contributed by atoms with Crippen LogP contribution < -0.4 is 0 Å². The minimum Gasteiger partial charge on any atom is -0.451 e. The lowest BCUT2D eigenvalue weighted by Gasteiger charge is -2.21. The molecule has 0 saturated carbocycles. The lowest BCUT2D eigenvalue weighted by atomic mass is 10.1. The van der Waals surface area contributed by atoms with Gasteiger partial charge in [-0.3, -0.25) is 4.79 Å². The molecule has 148 valence electrons. The number of thiazole rings is 1. The van der Waals surface area contributed by atoms with Crippen LogP contribution in [0.1, 0.15) is 54.0 Å². The maximum Gasteiger partial charge on any atom is 0.350 e. The van der Waals surface area contributed by atoms with Crippen molar-refractivity contribution in [2.24, 2.45) is 0 Å². The van der Waals surface area contributed by atoms with E-state index in [0.717, 1.165) is 42.0 Å². The van der Waals surface area contributed by atoms with Gasteiger partial charge in [0.2, 0.25) is 0 Å². The Morgan fingerprint density at radius 1 is 1.21 bits per heavy atom. The molecule has 0 N–H and O–H groups in total. The molecule has 0 spiro atoms. The summed E-state index contributed by atoms with van der Waals surface area (Å²) >= 11 is 1.30. The van der Waals surface area contributed by atoms with Crippen LogP contribution in [0.3, 0.4) is 0 Å². The van der Waals surface area contributed by atoms with Crippen LogP contribution in [0.25, 0.3) is 10.6 Å². The maximum absolute atomic E-state index is 12.5. The number of benzene rings is 1. The van der Waals surface area contributed by atoms with Gasteiger partial charge < -0.3 is 9.64 Å². The summed E-state index contributed by atoms with van der Waals surface area (Å²) < 4.78 is 5.31. The van der Waals surface area contributed by atoms with Crippen molar-refractivity contribution in [1.82, 2.24) is 9.88 Å². The van der Waals surface area contributed by atoms with Crippen molar-refractivity contribution in [1.29, 1.82) is 0 Å². The van der Waals surface area contributed by atoms with Crippen LogP contribution in [0.2, 0.25) is 0 Å². The molecule has 3 rings (SSSR count). The number of esters is 1. The molecule has 1 aromatic carbocycles. The highest BCUT2D eigenvalue weighted by molar-refractivity contribution is 7.17. The summed E-state index contributed by atoms with van der Waals surface area (Å²) in [4.78, 5) is 31.6. The number of ether oxygens (including phenoxy) is 1. The second-order valence-corrected chi connectivity index (χ2v) is 7.78. The molecule has 0 aliphatic heterocycles. The highest BCUT2D eigenvalue weighted by Gasteiger charge is 2.22. The highest BCUT2D eigenvalue weighted by atomic mass is 32.1. The van der Waals surface area contributed by atoms with E-state index in [4.69, 9.17) is 4.74 Å². The minimum atomic E-state index is -0.490. The first-order valence-electron chi connectivity index (χ1n) is 9.76. The average molecular weight is 399 g/mol. The third kappa shape index (κ3) is 4.50. The Balaban J connectivity index is 1.65. The van der Waals surface area contributed by atoms with Crippen molar-refractivity contribution in [2.75, 3.05) is 13.2 Å². The monoisotopic (exact) mass is 398 g/mol. The number of rotatable bonds is 7. The third-order valence-electron chi connectivity index (χ3n) is 4.90.